The van der Waals surface area contributed by atoms with Crippen molar-refractivity contribution >= 4 is 11.6 Å². The molecular weight excluding hydrogens is 278 g/mol. The molecule has 106 valence electrons. The monoisotopic (exact) mass is 293 g/mol. The quantitative estimate of drug-likeness (QED) is 0.791. The summed E-state index contributed by atoms with van der Waals surface area (Å²) >= 11 is 5.82. The summed E-state index contributed by atoms with van der Waals surface area (Å²) in [6.45, 7) is 0. The predicted octanol–water partition coefficient (Wildman–Crippen LogP) is 3.51. The number of pyridine rings is 1. The average molecular weight is 294 g/mol. The van der Waals surface area contributed by atoms with E-state index in [0.29, 0.717) is 23.1 Å². The third-order valence-corrected chi connectivity index (χ3v) is 3.18. The Hall–Kier alpha value is -1.94. The Morgan fingerprint density at radius 1 is 1.00 bits per heavy atom. The summed E-state index contributed by atoms with van der Waals surface area (Å²) in [6, 6.07) is 9.44. The summed E-state index contributed by atoms with van der Waals surface area (Å²) in [5.74, 6) is 2.13. The van der Waals surface area contributed by atoms with Crippen LogP contribution in [-0.4, -0.2) is 26.3 Å². The van der Waals surface area contributed by atoms with Crippen LogP contribution >= 0.6 is 11.6 Å². The Bertz CT molecular complexity index is 576. The number of benzene rings is 1. The number of hydrogen-bond donors (Lipinski definition) is 0. The first-order chi connectivity index (χ1) is 9.73. The van der Waals surface area contributed by atoms with E-state index >= 15 is 0 Å². The number of methoxy groups -OCH3 is 3. The molecule has 1 aromatic carbocycles. The first kappa shape index (κ1) is 14.5. The molecule has 1 aromatic heterocycles. The molecule has 0 unspecified atom stereocenters. The molecule has 2 aromatic rings. The molecule has 0 aliphatic carbocycles. The van der Waals surface area contributed by atoms with Crippen LogP contribution in [0.4, 0.5) is 0 Å². The van der Waals surface area contributed by atoms with Gasteiger partial charge in [-0.1, -0.05) is 6.07 Å². The zero-order valence-electron chi connectivity index (χ0n) is 11.6. The van der Waals surface area contributed by atoms with Crippen molar-refractivity contribution in [2.45, 2.75) is 5.88 Å². The van der Waals surface area contributed by atoms with Crippen LogP contribution in [0, 0.1) is 0 Å². The van der Waals surface area contributed by atoms with Crippen molar-refractivity contribution in [3.05, 3.63) is 36.0 Å². The number of alkyl halides is 1. The van der Waals surface area contributed by atoms with E-state index in [1.54, 1.807) is 21.3 Å². The molecule has 2 rings (SSSR count). The lowest BCUT2D eigenvalue weighted by Crippen LogP contribution is -1.96. The fourth-order valence-corrected chi connectivity index (χ4v) is 2.09. The van der Waals surface area contributed by atoms with Crippen molar-refractivity contribution < 1.29 is 14.2 Å². The fraction of sp³-hybridized carbons (Fsp3) is 0.267. The van der Waals surface area contributed by atoms with E-state index in [-0.39, 0.29) is 0 Å². The van der Waals surface area contributed by atoms with Crippen LogP contribution in [-0.2, 0) is 5.88 Å². The summed E-state index contributed by atoms with van der Waals surface area (Å²) in [5, 5.41) is 0. The smallest absolute Gasteiger partial charge is 0.203 e. The molecule has 1 heterocycles. The molecule has 0 amide bonds. The fourth-order valence-electron chi connectivity index (χ4n) is 1.94. The summed E-state index contributed by atoms with van der Waals surface area (Å²) < 4.78 is 16.0. The van der Waals surface area contributed by atoms with Crippen molar-refractivity contribution in [2.75, 3.05) is 21.3 Å². The molecule has 0 aliphatic rings. The minimum absolute atomic E-state index is 0.373. The molecule has 0 aliphatic heterocycles. The Balaban J connectivity index is 2.56. The van der Waals surface area contributed by atoms with Gasteiger partial charge in [-0.05, 0) is 24.3 Å². The van der Waals surface area contributed by atoms with Crippen molar-refractivity contribution in [2.24, 2.45) is 0 Å². The van der Waals surface area contributed by atoms with E-state index in [0.717, 1.165) is 17.0 Å². The zero-order chi connectivity index (χ0) is 14.5. The Kier molecular flexibility index (Phi) is 4.69. The number of halogens is 1. The second kappa shape index (κ2) is 6.48. The number of nitrogens with zero attached hydrogens (tertiary/aromatic N) is 1. The highest BCUT2D eigenvalue weighted by molar-refractivity contribution is 6.16. The first-order valence-electron chi connectivity index (χ1n) is 6.05. The molecule has 0 atom stereocenters. The maximum atomic E-state index is 5.82. The summed E-state index contributed by atoms with van der Waals surface area (Å²) in [5.41, 5.74) is 2.51. The van der Waals surface area contributed by atoms with Gasteiger partial charge in [-0.25, -0.2) is 0 Å². The van der Waals surface area contributed by atoms with Gasteiger partial charge in [-0.2, -0.15) is 0 Å². The van der Waals surface area contributed by atoms with Crippen molar-refractivity contribution in [3.63, 3.8) is 0 Å². The molecule has 0 radical (unpaired) electrons. The van der Waals surface area contributed by atoms with Crippen LogP contribution in [0.3, 0.4) is 0 Å². The van der Waals surface area contributed by atoms with Gasteiger partial charge in [-0.3, -0.25) is 4.98 Å². The zero-order valence-corrected chi connectivity index (χ0v) is 12.4. The van der Waals surface area contributed by atoms with Crippen LogP contribution in [0.1, 0.15) is 5.69 Å². The van der Waals surface area contributed by atoms with Gasteiger partial charge in [0, 0.05) is 5.56 Å². The lowest BCUT2D eigenvalue weighted by atomic mass is 10.1. The molecule has 0 spiro atoms. The van der Waals surface area contributed by atoms with Gasteiger partial charge in [0.1, 0.15) is 0 Å². The van der Waals surface area contributed by atoms with E-state index in [9.17, 15) is 0 Å². The van der Waals surface area contributed by atoms with Gasteiger partial charge in [0.15, 0.2) is 11.5 Å². The van der Waals surface area contributed by atoms with Gasteiger partial charge in [0.25, 0.3) is 0 Å². The molecule has 0 saturated carbocycles. The Labute approximate surface area is 123 Å². The topological polar surface area (TPSA) is 40.6 Å². The summed E-state index contributed by atoms with van der Waals surface area (Å²) in [7, 11) is 4.75. The van der Waals surface area contributed by atoms with Crippen molar-refractivity contribution in [1.29, 1.82) is 0 Å². The molecule has 0 bridgehead atoms. The van der Waals surface area contributed by atoms with E-state index in [1.807, 2.05) is 30.3 Å². The molecule has 4 nitrogen and oxygen atoms in total. The molecular formula is C15H16ClNO3. The lowest BCUT2D eigenvalue weighted by molar-refractivity contribution is 0.324. The minimum Gasteiger partial charge on any atom is -0.493 e. The Morgan fingerprint density at radius 2 is 1.65 bits per heavy atom. The van der Waals surface area contributed by atoms with Crippen LogP contribution < -0.4 is 14.2 Å². The van der Waals surface area contributed by atoms with Crippen LogP contribution in [0.2, 0.25) is 0 Å². The van der Waals surface area contributed by atoms with Gasteiger partial charge >= 0.3 is 0 Å². The third-order valence-electron chi connectivity index (χ3n) is 2.90. The third kappa shape index (κ3) is 2.80. The highest BCUT2D eigenvalue weighted by Crippen LogP contribution is 2.40. The van der Waals surface area contributed by atoms with Crippen LogP contribution in [0.5, 0.6) is 17.2 Å². The molecule has 0 N–H and O–H groups in total. The van der Waals surface area contributed by atoms with E-state index in [2.05, 4.69) is 4.98 Å². The van der Waals surface area contributed by atoms with Gasteiger partial charge in [0.2, 0.25) is 5.75 Å². The number of rotatable bonds is 5. The predicted molar refractivity (Wildman–Crippen MR) is 78.9 cm³/mol. The maximum Gasteiger partial charge on any atom is 0.203 e. The van der Waals surface area contributed by atoms with E-state index in [1.165, 1.54) is 0 Å². The highest BCUT2D eigenvalue weighted by Gasteiger charge is 2.14. The molecule has 20 heavy (non-hydrogen) atoms. The van der Waals surface area contributed by atoms with Gasteiger partial charge in [-0.15, -0.1) is 11.6 Å². The van der Waals surface area contributed by atoms with E-state index < -0.39 is 0 Å². The lowest BCUT2D eigenvalue weighted by Gasteiger charge is -2.14. The van der Waals surface area contributed by atoms with Crippen LogP contribution in [0.15, 0.2) is 30.3 Å². The summed E-state index contributed by atoms with van der Waals surface area (Å²) in [6.07, 6.45) is 0. The van der Waals surface area contributed by atoms with E-state index in [4.69, 9.17) is 25.8 Å². The first-order valence-corrected chi connectivity index (χ1v) is 6.59. The largest absolute Gasteiger partial charge is 0.493 e. The highest BCUT2D eigenvalue weighted by atomic mass is 35.5. The second-order valence-corrected chi connectivity index (χ2v) is 4.33. The number of ether oxygens (including phenoxy) is 3. The average Bonchev–Trinajstić information content (AvgIpc) is 2.53. The molecule has 5 heteroatoms. The van der Waals surface area contributed by atoms with Crippen LogP contribution in [0.25, 0.3) is 11.3 Å². The molecule has 0 saturated heterocycles. The molecule has 0 fully saturated rings. The maximum absolute atomic E-state index is 5.82. The van der Waals surface area contributed by atoms with Crippen molar-refractivity contribution in [3.8, 4) is 28.5 Å². The summed E-state index contributed by atoms with van der Waals surface area (Å²) in [4.78, 5) is 4.48. The normalized spacial score (nSPS) is 10.2. The van der Waals surface area contributed by atoms with Crippen molar-refractivity contribution in [1.82, 2.24) is 4.98 Å². The SMILES string of the molecule is COc1cc(-c2cccc(CCl)n2)cc(OC)c1OC. The van der Waals surface area contributed by atoms with Gasteiger partial charge in [0.05, 0.1) is 38.6 Å². The number of aromatic nitrogens is 1. The second-order valence-electron chi connectivity index (χ2n) is 4.06. The minimum atomic E-state index is 0.373. The number of hydrogen-bond acceptors (Lipinski definition) is 4. The van der Waals surface area contributed by atoms with Gasteiger partial charge < -0.3 is 14.2 Å². The Morgan fingerprint density at radius 3 is 2.15 bits per heavy atom. The standard InChI is InChI=1S/C15H16ClNO3/c1-18-13-7-10(8-14(19-2)15(13)20-3)12-6-4-5-11(9-16)17-12/h4-8H,9H2,1-3H3.